The minimum Gasteiger partial charge on any atom is -0.493 e. The van der Waals surface area contributed by atoms with Gasteiger partial charge in [-0.25, -0.2) is 0 Å². The molecule has 1 saturated heterocycles. The topological polar surface area (TPSA) is 69.9 Å². The van der Waals surface area contributed by atoms with Gasteiger partial charge in [-0.1, -0.05) is 17.3 Å². The van der Waals surface area contributed by atoms with Gasteiger partial charge in [0.1, 0.15) is 6.61 Å². The normalized spacial score (nSPS) is 18.3. The van der Waals surface area contributed by atoms with Crippen molar-refractivity contribution >= 4 is 0 Å². The van der Waals surface area contributed by atoms with Gasteiger partial charge in [0.25, 0.3) is 0 Å². The molecule has 0 N–H and O–H groups in total. The molecule has 0 amide bonds. The maximum absolute atomic E-state index is 5.97. The van der Waals surface area contributed by atoms with Gasteiger partial charge in [0, 0.05) is 25.6 Å². The third-order valence-electron chi connectivity index (χ3n) is 4.36. The average Bonchev–Trinajstić information content (AvgIpc) is 3.05. The molecule has 1 atom stereocenters. The highest BCUT2D eigenvalue weighted by Crippen LogP contribution is 2.32. The van der Waals surface area contributed by atoms with Gasteiger partial charge in [-0.05, 0) is 25.5 Å². The number of methoxy groups -OCH3 is 2. The second kappa shape index (κ2) is 8.31. The number of hydrogen-bond acceptors (Lipinski definition) is 7. The zero-order valence-corrected chi connectivity index (χ0v) is 15.0. The zero-order valence-electron chi connectivity index (χ0n) is 15.0. The standard InChI is InChI=1S/C18H25N3O4/c1-13-19-17(20-25-13)12-24-15-7-5-9-21(11-15)10-14-6-4-8-16(22-2)18(14)23-3/h4,6,8,15H,5,7,9-12H2,1-3H3. The van der Waals surface area contributed by atoms with E-state index in [-0.39, 0.29) is 6.10 Å². The Balaban J connectivity index is 1.58. The summed E-state index contributed by atoms with van der Waals surface area (Å²) in [6, 6.07) is 5.98. The molecule has 0 radical (unpaired) electrons. The van der Waals surface area contributed by atoms with Crippen molar-refractivity contribution in [2.24, 2.45) is 0 Å². The van der Waals surface area contributed by atoms with E-state index < -0.39 is 0 Å². The lowest BCUT2D eigenvalue weighted by Crippen LogP contribution is -2.39. The molecule has 1 aliphatic rings. The lowest BCUT2D eigenvalue weighted by Gasteiger charge is -2.32. The smallest absolute Gasteiger partial charge is 0.223 e. The van der Waals surface area contributed by atoms with Crippen LogP contribution in [0.4, 0.5) is 0 Å². The van der Waals surface area contributed by atoms with Crippen molar-refractivity contribution in [1.82, 2.24) is 15.0 Å². The van der Waals surface area contributed by atoms with Crippen LogP contribution in [0.15, 0.2) is 22.7 Å². The van der Waals surface area contributed by atoms with E-state index in [0.717, 1.165) is 49.5 Å². The molecule has 1 fully saturated rings. The summed E-state index contributed by atoms with van der Waals surface area (Å²) in [7, 11) is 3.34. The van der Waals surface area contributed by atoms with Crippen molar-refractivity contribution in [3.8, 4) is 11.5 Å². The van der Waals surface area contributed by atoms with Crippen LogP contribution in [0.5, 0.6) is 11.5 Å². The van der Waals surface area contributed by atoms with Gasteiger partial charge in [-0.2, -0.15) is 4.98 Å². The fourth-order valence-electron chi connectivity index (χ4n) is 3.20. The molecule has 1 unspecified atom stereocenters. The number of ether oxygens (including phenoxy) is 3. The number of aromatic nitrogens is 2. The van der Waals surface area contributed by atoms with Crippen molar-refractivity contribution in [1.29, 1.82) is 0 Å². The monoisotopic (exact) mass is 347 g/mol. The molecule has 1 aromatic carbocycles. The summed E-state index contributed by atoms with van der Waals surface area (Å²) >= 11 is 0. The van der Waals surface area contributed by atoms with Crippen LogP contribution in [0.2, 0.25) is 0 Å². The maximum atomic E-state index is 5.97. The average molecular weight is 347 g/mol. The molecule has 7 nitrogen and oxygen atoms in total. The number of piperidine rings is 1. The Bertz CT molecular complexity index is 689. The first-order chi connectivity index (χ1) is 12.2. The Morgan fingerprint density at radius 1 is 1.28 bits per heavy atom. The molecule has 25 heavy (non-hydrogen) atoms. The predicted molar refractivity (Wildman–Crippen MR) is 91.7 cm³/mol. The SMILES string of the molecule is COc1cccc(CN2CCCC(OCc3noc(C)n3)C2)c1OC. The largest absolute Gasteiger partial charge is 0.493 e. The number of rotatable bonds is 7. The van der Waals surface area contributed by atoms with Crippen molar-refractivity contribution < 1.29 is 18.7 Å². The summed E-state index contributed by atoms with van der Waals surface area (Å²) in [4.78, 5) is 6.56. The minimum atomic E-state index is 0.171. The summed E-state index contributed by atoms with van der Waals surface area (Å²) in [6.45, 7) is 4.89. The summed E-state index contributed by atoms with van der Waals surface area (Å²) in [6.07, 6.45) is 2.31. The molecule has 0 spiro atoms. The lowest BCUT2D eigenvalue weighted by molar-refractivity contribution is -0.0152. The van der Waals surface area contributed by atoms with Crippen molar-refractivity contribution in [2.75, 3.05) is 27.3 Å². The molecular formula is C18H25N3O4. The van der Waals surface area contributed by atoms with Crippen LogP contribution in [0.25, 0.3) is 0 Å². The van der Waals surface area contributed by atoms with Crippen molar-refractivity contribution in [3.63, 3.8) is 0 Å². The highest BCUT2D eigenvalue weighted by Gasteiger charge is 2.22. The summed E-state index contributed by atoms with van der Waals surface area (Å²) in [5.74, 6) is 2.73. The molecule has 1 aromatic heterocycles. The predicted octanol–water partition coefficient (Wildman–Crippen LogP) is 2.58. The number of para-hydroxylation sites is 1. The molecular weight excluding hydrogens is 322 g/mol. The van der Waals surface area contributed by atoms with E-state index in [1.807, 2.05) is 12.1 Å². The number of aryl methyl sites for hydroxylation is 1. The van der Waals surface area contributed by atoms with Crippen LogP contribution >= 0.6 is 0 Å². The van der Waals surface area contributed by atoms with Gasteiger partial charge >= 0.3 is 0 Å². The van der Waals surface area contributed by atoms with Crippen LogP contribution in [0.3, 0.4) is 0 Å². The Morgan fingerprint density at radius 3 is 2.88 bits per heavy atom. The fourth-order valence-corrected chi connectivity index (χ4v) is 3.20. The summed E-state index contributed by atoms with van der Waals surface area (Å²) in [5, 5.41) is 3.87. The Kier molecular flexibility index (Phi) is 5.88. The quantitative estimate of drug-likeness (QED) is 0.762. The molecule has 136 valence electrons. The number of hydrogen-bond donors (Lipinski definition) is 0. The van der Waals surface area contributed by atoms with E-state index in [1.54, 1.807) is 21.1 Å². The lowest BCUT2D eigenvalue weighted by atomic mass is 10.1. The van der Waals surface area contributed by atoms with Crippen LogP contribution < -0.4 is 9.47 Å². The highest BCUT2D eigenvalue weighted by molar-refractivity contribution is 5.46. The number of likely N-dealkylation sites (tertiary alicyclic amines) is 1. The van der Waals surface area contributed by atoms with Crippen LogP contribution in [-0.4, -0.2) is 48.5 Å². The van der Waals surface area contributed by atoms with Gasteiger partial charge < -0.3 is 18.7 Å². The number of benzene rings is 1. The molecule has 7 heteroatoms. The molecule has 2 aromatic rings. The molecule has 3 rings (SSSR count). The third kappa shape index (κ3) is 4.49. The maximum Gasteiger partial charge on any atom is 0.223 e. The molecule has 0 saturated carbocycles. The summed E-state index contributed by atoms with van der Waals surface area (Å²) < 4.78 is 21.9. The first-order valence-corrected chi connectivity index (χ1v) is 8.52. The highest BCUT2D eigenvalue weighted by atomic mass is 16.5. The van der Waals surface area contributed by atoms with Gasteiger partial charge in [0.15, 0.2) is 17.3 Å². The third-order valence-corrected chi connectivity index (χ3v) is 4.36. The molecule has 0 aliphatic carbocycles. The van der Waals surface area contributed by atoms with E-state index in [1.165, 1.54) is 0 Å². The van der Waals surface area contributed by atoms with Crippen molar-refractivity contribution in [3.05, 3.63) is 35.5 Å². The van der Waals surface area contributed by atoms with E-state index in [2.05, 4.69) is 21.1 Å². The van der Waals surface area contributed by atoms with E-state index in [0.29, 0.717) is 18.3 Å². The van der Waals surface area contributed by atoms with Gasteiger partial charge in [0.2, 0.25) is 5.89 Å². The summed E-state index contributed by atoms with van der Waals surface area (Å²) in [5.41, 5.74) is 1.12. The Morgan fingerprint density at radius 2 is 2.16 bits per heavy atom. The second-order valence-corrected chi connectivity index (χ2v) is 6.19. The van der Waals surface area contributed by atoms with Gasteiger partial charge in [0.05, 0.1) is 20.3 Å². The molecule has 2 heterocycles. The van der Waals surface area contributed by atoms with E-state index in [4.69, 9.17) is 18.7 Å². The van der Waals surface area contributed by atoms with Crippen LogP contribution in [0.1, 0.15) is 30.1 Å². The van der Waals surface area contributed by atoms with E-state index in [9.17, 15) is 0 Å². The first kappa shape index (κ1) is 17.7. The van der Waals surface area contributed by atoms with E-state index >= 15 is 0 Å². The first-order valence-electron chi connectivity index (χ1n) is 8.52. The Labute approximate surface area is 147 Å². The fraction of sp³-hybridized carbons (Fsp3) is 0.556. The number of nitrogens with zero attached hydrogens (tertiary/aromatic N) is 3. The molecule has 0 bridgehead atoms. The minimum absolute atomic E-state index is 0.171. The van der Waals surface area contributed by atoms with Gasteiger partial charge in [-0.15, -0.1) is 0 Å². The molecule has 1 aliphatic heterocycles. The van der Waals surface area contributed by atoms with Crippen molar-refractivity contribution in [2.45, 2.75) is 39.0 Å². The second-order valence-electron chi connectivity index (χ2n) is 6.19. The zero-order chi connectivity index (χ0) is 17.6. The van der Waals surface area contributed by atoms with Gasteiger partial charge in [-0.3, -0.25) is 4.90 Å². The Hall–Kier alpha value is -2.12. The van der Waals surface area contributed by atoms with Crippen LogP contribution in [-0.2, 0) is 17.9 Å². The van der Waals surface area contributed by atoms with Crippen LogP contribution in [0, 0.1) is 6.92 Å².